The molecule has 2 saturated heterocycles. The Morgan fingerprint density at radius 2 is 2.00 bits per heavy atom. The third-order valence-electron chi connectivity index (χ3n) is 4.83. The molecule has 2 aliphatic heterocycles. The average Bonchev–Trinajstić information content (AvgIpc) is 3.01. The molecular weight excluding hydrogens is 298 g/mol. The summed E-state index contributed by atoms with van der Waals surface area (Å²) in [5.41, 5.74) is 5.96. The monoisotopic (exact) mass is 327 g/mol. The summed E-state index contributed by atoms with van der Waals surface area (Å²) >= 11 is 1.69. The maximum Gasteiger partial charge on any atom is 0.246 e. The zero-order valence-electron chi connectivity index (χ0n) is 13.8. The fraction of sp³-hybridized carbons (Fsp3) is 0.875. The standard InChI is InChI=1S/C16H29N3O2S/c1-3-4-5-15(20)19-11-22-10-14(19)16(21)18-8-6-13(7-9-18)12(2)17/h12-14H,3-11,17H2,1-2H3. The molecule has 0 aromatic heterocycles. The van der Waals surface area contributed by atoms with E-state index in [0.29, 0.717) is 18.2 Å². The van der Waals surface area contributed by atoms with Crippen LogP contribution in [0.25, 0.3) is 0 Å². The number of thioether (sulfide) groups is 1. The summed E-state index contributed by atoms with van der Waals surface area (Å²) in [6, 6.07) is -0.0485. The summed E-state index contributed by atoms with van der Waals surface area (Å²) in [6.45, 7) is 5.69. The first-order valence-corrected chi connectivity index (χ1v) is 9.61. The lowest BCUT2D eigenvalue weighted by Crippen LogP contribution is -2.51. The van der Waals surface area contributed by atoms with Gasteiger partial charge in [0.25, 0.3) is 0 Å². The highest BCUT2D eigenvalue weighted by Crippen LogP contribution is 2.26. The fourth-order valence-corrected chi connectivity index (χ4v) is 4.39. The summed E-state index contributed by atoms with van der Waals surface area (Å²) in [6.07, 6.45) is 4.44. The minimum absolute atomic E-state index is 0.135. The fourth-order valence-electron chi connectivity index (χ4n) is 3.22. The number of nitrogens with two attached hydrogens (primary N) is 1. The smallest absolute Gasteiger partial charge is 0.246 e. The first kappa shape index (κ1) is 17.6. The van der Waals surface area contributed by atoms with Gasteiger partial charge in [-0.2, -0.15) is 0 Å². The third kappa shape index (κ3) is 4.16. The number of likely N-dealkylation sites (tertiary alicyclic amines) is 1. The lowest BCUT2D eigenvalue weighted by Gasteiger charge is -2.36. The normalized spacial score (nSPS) is 24.6. The molecule has 2 rings (SSSR count). The summed E-state index contributed by atoms with van der Waals surface area (Å²) in [5.74, 6) is 2.19. The molecule has 2 fully saturated rings. The van der Waals surface area contributed by atoms with Crippen LogP contribution in [0.1, 0.15) is 46.0 Å². The predicted octanol–water partition coefficient (Wildman–Crippen LogP) is 1.66. The molecule has 0 bridgehead atoms. The van der Waals surface area contributed by atoms with E-state index in [-0.39, 0.29) is 23.9 Å². The second-order valence-electron chi connectivity index (χ2n) is 6.50. The molecule has 22 heavy (non-hydrogen) atoms. The van der Waals surface area contributed by atoms with Gasteiger partial charge in [-0.15, -0.1) is 11.8 Å². The van der Waals surface area contributed by atoms with Crippen LogP contribution in [0.15, 0.2) is 0 Å². The maximum atomic E-state index is 12.8. The Balaban J connectivity index is 1.90. The Labute approximate surface area is 138 Å². The Morgan fingerprint density at radius 3 is 2.59 bits per heavy atom. The number of nitrogens with zero attached hydrogens (tertiary/aromatic N) is 2. The van der Waals surface area contributed by atoms with Crippen LogP contribution in [0.4, 0.5) is 0 Å². The second-order valence-corrected chi connectivity index (χ2v) is 7.50. The van der Waals surface area contributed by atoms with Crippen molar-refractivity contribution in [3.05, 3.63) is 0 Å². The van der Waals surface area contributed by atoms with E-state index in [2.05, 4.69) is 6.92 Å². The topological polar surface area (TPSA) is 66.6 Å². The molecule has 2 amide bonds. The largest absolute Gasteiger partial charge is 0.341 e. The number of hydrogen-bond donors (Lipinski definition) is 1. The van der Waals surface area contributed by atoms with Gasteiger partial charge in [-0.25, -0.2) is 0 Å². The quantitative estimate of drug-likeness (QED) is 0.834. The maximum absolute atomic E-state index is 12.8. The van der Waals surface area contributed by atoms with Gasteiger partial charge in [-0.3, -0.25) is 9.59 Å². The van der Waals surface area contributed by atoms with Crippen LogP contribution in [0.3, 0.4) is 0 Å². The van der Waals surface area contributed by atoms with Crippen molar-refractivity contribution in [1.82, 2.24) is 9.80 Å². The first-order valence-electron chi connectivity index (χ1n) is 8.46. The Hall–Kier alpha value is -0.750. The molecule has 0 aromatic carbocycles. The number of piperidine rings is 1. The van der Waals surface area contributed by atoms with Gasteiger partial charge in [0.2, 0.25) is 11.8 Å². The summed E-state index contributed by atoms with van der Waals surface area (Å²) < 4.78 is 0. The van der Waals surface area contributed by atoms with Crippen molar-refractivity contribution in [1.29, 1.82) is 0 Å². The number of unbranched alkanes of at least 4 members (excludes halogenated alkanes) is 1. The zero-order chi connectivity index (χ0) is 16.1. The van der Waals surface area contributed by atoms with Crippen LogP contribution in [0.5, 0.6) is 0 Å². The van der Waals surface area contributed by atoms with Crippen LogP contribution in [0.2, 0.25) is 0 Å². The van der Waals surface area contributed by atoms with E-state index < -0.39 is 0 Å². The van der Waals surface area contributed by atoms with Crippen LogP contribution in [-0.2, 0) is 9.59 Å². The predicted molar refractivity (Wildman–Crippen MR) is 90.4 cm³/mol. The van der Waals surface area contributed by atoms with Gasteiger partial charge in [-0.1, -0.05) is 13.3 Å². The van der Waals surface area contributed by atoms with Crippen LogP contribution in [-0.4, -0.2) is 58.4 Å². The number of carbonyl (C=O) groups is 2. The molecule has 2 aliphatic rings. The van der Waals surface area contributed by atoms with Crippen molar-refractivity contribution in [2.24, 2.45) is 11.7 Å². The molecule has 2 N–H and O–H groups in total. The van der Waals surface area contributed by atoms with E-state index in [4.69, 9.17) is 5.73 Å². The van der Waals surface area contributed by atoms with Crippen molar-refractivity contribution in [3.63, 3.8) is 0 Å². The molecular formula is C16H29N3O2S. The zero-order valence-corrected chi connectivity index (χ0v) is 14.6. The van der Waals surface area contributed by atoms with Crippen molar-refractivity contribution in [3.8, 4) is 0 Å². The Bertz CT molecular complexity index is 395. The van der Waals surface area contributed by atoms with Crippen molar-refractivity contribution in [2.45, 2.75) is 58.0 Å². The van der Waals surface area contributed by atoms with E-state index in [0.717, 1.165) is 44.5 Å². The SMILES string of the molecule is CCCCC(=O)N1CSCC1C(=O)N1CCC(C(C)N)CC1. The summed E-state index contributed by atoms with van der Waals surface area (Å²) in [4.78, 5) is 28.8. The molecule has 2 unspecified atom stereocenters. The Morgan fingerprint density at radius 1 is 1.32 bits per heavy atom. The molecule has 0 radical (unpaired) electrons. The lowest BCUT2D eigenvalue weighted by molar-refractivity contribution is -0.144. The molecule has 0 aliphatic carbocycles. The van der Waals surface area contributed by atoms with Gasteiger partial charge >= 0.3 is 0 Å². The van der Waals surface area contributed by atoms with E-state index in [9.17, 15) is 9.59 Å². The van der Waals surface area contributed by atoms with Gasteiger partial charge in [-0.05, 0) is 32.1 Å². The molecule has 5 nitrogen and oxygen atoms in total. The third-order valence-corrected chi connectivity index (χ3v) is 5.84. The molecule has 2 atom stereocenters. The molecule has 0 aromatic rings. The number of amides is 2. The van der Waals surface area contributed by atoms with Crippen molar-refractivity contribution >= 4 is 23.6 Å². The van der Waals surface area contributed by atoms with Crippen molar-refractivity contribution in [2.75, 3.05) is 24.7 Å². The van der Waals surface area contributed by atoms with E-state index >= 15 is 0 Å². The summed E-state index contributed by atoms with van der Waals surface area (Å²) in [7, 11) is 0. The minimum atomic E-state index is -0.249. The van der Waals surface area contributed by atoms with Crippen molar-refractivity contribution < 1.29 is 9.59 Å². The number of hydrogen-bond acceptors (Lipinski definition) is 4. The molecule has 126 valence electrons. The van der Waals surface area contributed by atoms with Crippen LogP contribution >= 0.6 is 11.8 Å². The van der Waals surface area contributed by atoms with Crippen LogP contribution in [0, 0.1) is 5.92 Å². The van der Waals surface area contributed by atoms with E-state index in [1.807, 2.05) is 11.8 Å². The molecule has 2 heterocycles. The average molecular weight is 327 g/mol. The van der Waals surface area contributed by atoms with E-state index in [1.54, 1.807) is 16.7 Å². The molecule has 0 saturated carbocycles. The molecule has 6 heteroatoms. The highest BCUT2D eigenvalue weighted by Gasteiger charge is 2.37. The Kier molecular flexibility index (Phi) is 6.56. The minimum Gasteiger partial charge on any atom is -0.341 e. The number of carbonyl (C=O) groups excluding carboxylic acids is 2. The van der Waals surface area contributed by atoms with Gasteiger partial charge in [0.05, 0.1) is 5.88 Å². The number of rotatable bonds is 5. The van der Waals surface area contributed by atoms with Crippen LogP contribution < -0.4 is 5.73 Å². The van der Waals surface area contributed by atoms with Gasteiger partial charge in [0.15, 0.2) is 0 Å². The highest BCUT2D eigenvalue weighted by atomic mass is 32.2. The second kappa shape index (κ2) is 8.20. The van der Waals surface area contributed by atoms with Gasteiger partial charge in [0, 0.05) is 31.3 Å². The van der Waals surface area contributed by atoms with Gasteiger partial charge < -0.3 is 15.5 Å². The summed E-state index contributed by atoms with van der Waals surface area (Å²) in [5, 5.41) is 0. The highest BCUT2D eigenvalue weighted by molar-refractivity contribution is 7.99. The van der Waals surface area contributed by atoms with E-state index in [1.165, 1.54) is 0 Å². The first-order chi connectivity index (χ1) is 10.5. The van der Waals surface area contributed by atoms with Gasteiger partial charge in [0.1, 0.15) is 6.04 Å². The molecule has 0 spiro atoms. The lowest BCUT2D eigenvalue weighted by atomic mass is 9.90.